The molecule has 1 aliphatic rings. The average Bonchev–Trinajstić information content (AvgIpc) is 3.54. The Morgan fingerprint density at radius 3 is 2.77 bits per heavy atom. The van der Waals surface area contributed by atoms with Crippen LogP contribution in [-0.2, 0) is 7.05 Å². The third-order valence-corrected chi connectivity index (χ3v) is 6.48. The van der Waals surface area contributed by atoms with Crippen molar-refractivity contribution in [3.8, 4) is 22.5 Å². The lowest BCUT2D eigenvalue weighted by molar-refractivity contribution is 0.329. The molecule has 0 unspecified atom stereocenters. The molecular formula is C24H24N6O. The van der Waals surface area contributed by atoms with E-state index in [4.69, 9.17) is 10.2 Å². The van der Waals surface area contributed by atoms with Crippen molar-refractivity contribution < 1.29 is 4.42 Å². The summed E-state index contributed by atoms with van der Waals surface area (Å²) in [5.74, 6) is 1.15. The minimum atomic E-state index is 0.391. The van der Waals surface area contributed by atoms with Gasteiger partial charge in [0.15, 0.2) is 11.4 Å². The lowest BCUT2D eigenvalue weighted by Gasteiger charge is -2.21. The molecule has 156 valence electrons. The second-order valence-electron chi connectivity index (χ2n) is 8.42. The van der Waals surface area contributed by atoms with Crippen LogP contribution in [0.3, 0.4) is 0 Å². The van der Waals surface area contributed by atoms with E-state index in [2.05, 4.69) is 38.2 Å². The van der Waals surface area contributed by atoms with E-state index >= 15 is 0 Å². The van der Waals surface area contributed by atoms with Gasteiger partial charge in [-0.3, -0.25) is 9.36 Å². The summed E-state index contributed by atoms with van der Waals surface area (Å²) in [4.78, 5) is 4.41. The lowest BCUT2D eigenvalue weighted by atomic mass is 9.96. The van der Waals surface area contributed by atoms with Gasteiger partial charge in [-0.05, 0) is 25.0 Å². The highest BCUT2D eigenvalue weighted by molar-refractivity contribution is 6.02. The van der Waals surface area contributed by atoms with Crippen LogP contribution >= 0.6 is 0 Å². The number of fused-ring (bicyclic) bond motifs is 2. The largest absolute Gasteiger partial charge is 0.452 e. The fourth-order valence-corrected chi connectivity index (χ4v) is 4.86. The Morgan fingerprint density at radius 1 is 1.03 bits per heavy atom. The van der Waals surface area contributed by atoms with Crippen LogP contribution in [0.4, 0.5) is 5.82 Å². The van der Waals surface area contributed by atoms with Crippen LogP contribution in [0.1, 0.15) is 38.1 Å². The smallest absolute Gasteiger partial charge is 0.177 e. The summed E-state index contributed by atoms with van der Waals surface area (Å²) in [5.41, 5.74) is 10.8. The van der Waals surface area contributed by atoms with E-state index in [0.29, 0.717) is 17.4 Å². The molecule has 5 aromatic rings. The first kappa shape index (κ1) is 18.2. The Balaban J connectivity index is 1.48. The Labute approximate surface area is 179 Å². The Kier molecular flexibility index (Phi) is 4.09. The summed E-state index contributed by atoms with van der Waals surface area (Å²) in [6.45, 7) is 0. The van der Waals surface area contributed by atoms with Crippen molar-refractivity contribution in [2.45, 2.75) is 38.1 Å². The number of aryl methyl sites for hydroxylation is 1. The van der Waals surface area contributed by atoms with Crippen molar-refractivity contribution in [2.75, 3.05) is 5.73 Å². The Hall–Kier alpha value is -3.61. The highest BCUT2D eigenvalue weighted by Gasteiger charge is 2.20. The molecule has 1 fully saturated rings. The molecule has 1 aromatic carbocycles. The number of anilines is 1. The lowest BCUT2D eigenvalue weighted by Crippen LogP contribution is -2.12. The van der Waals surface area contributed by atoms with Crippen LogP contribution in [0.5, 0.6) is 0 Å². The molecule has 7 nitrogen and oxygen atoms in total. The zero-order chi connectivity index (χ0) is 20.9. The van der Waals surface area contributed by atoms with Crippen molar-refractivity contribution in [3.05, 3.63) is 49.1 Å². The molecule has 4 heterocycles. The van der Waals surface area contributed by atoms with E-state index in [9.17, 15) is 0 Å². The number of hydrogen-bond donors (Lipinski definition) is 1. The third kappa shape index (κ3) is 2.91. The average molecular weight is 412 g/mol. The first-order valence-corrected chi connectivity index (χ1v) is 10.8. The summed E-state index contributed by atoms with van der Waals surface area (Å²) in [6.07, 6.45) is 14.0. The zero-order valence-electron chi connectivity index (χ0n) is 17.5. The predicted molar refractivity (Wildman–Crippen MR) is 121 cm³/mol. The van der Waals surface area contributed by atoms with Crippen molar-refractivity contribution in [3.63, 3.8) is 0 Å². The highest BCUT2D eigenvalue weighted by Crippen LogP contribution is 2.39. The quantitative estimate of drug-likeness (QED) is 0.433. The van der Waals surface area contributed by atoms with Crippen LogP contribution in [0.2, 0.25) is 0 Å². The number of para-hydroxylation sites is 1. The monoisotopic (exact) mass is 412 g/mol. The van der Waals surface area contributed by atoms with Crippen molar-refractivity contribution >= 4 is 27.7 Å². The fraction of sp³-hybridized carbons (Fsp3) is 0.292. The van der Waals surface area contributed by atoms with E-state index < -0.39 is 0 Å². The van der Waals surface area contributed by atoms with E-state index in [1.807, 2.05) is 42.5 Å². The minimum Gasteiger partial charge on any atom is -0.452 e. The molecule has 0 bridgehead atoms. The summed E-state index contributed by atoms with van der Waals surface area (Å²) in [7, 11) is 1.94. The number of furan rings is 1. The SMILES string of the molecule is Cn1ncc2cccc(-c3cc4c(-c5cnn(C6CCCCC6)c5)cnc(N)c4o3)c21. The number of nitrogens with two attached hydrogens (primary N) is 1. The minimum absolute atomic E-state index is 0.391. The highest BCUT2D eigenvalue weighted by atomic mass is 16.3. The third-order valence-electron chi connectivity index (χ3n) is 6.48. The topological polar surface area (TPSA) is 87.7 Å². The molecule has 0 atom stereocenters. The molecule has 4 aromatic heterocycles. The molecule has 31 heavy (non-hydrogen) atoms. The maximum Gasteiger partial charge on any atom is 0.177 e. The number of pyridine rings is 1. The summed E-state index contributed by atoms with van der Waals surface area (Å²) >= 11 is 0. The molecule has 7 heteroatoms. The fourth-order valence-electron chi connectivity index (χ4n) is 4.86. The van der Waals surface area contributed by atoms with E-state index in [1.165, 1.54) is 32.1 Å². The standard InChI is InChI=1S/C24H24N6O/c1-29-22-15(11-27-29)6-5-9-18(22)21-10-19-20(13-26-24(25)23(19)31-21)16-12-28-30(14-16)17-7-3-2-4-8-17/h5-6,9-14,17H,2-4,7-8H2,1H3,(H2,25,26). The van der Waals surface area contributed by atoms with Gasteiger partial charge < -0.3 is 10.2 Å². The van der Waals surface area contributed by atoms with Crippen LogP contribution in [0, 0.1) is 0 Å². The number of nitrogen functional groups attached to an aromatic ring is 1. The van der Waals surface area contributed by atoms with Gasteiger partial charge in [0, 0.05) is 46.9 Å². The second-order valence-corrected chi connectivity index (χ2v) is 8.42. The maximum absolute atomic E-state index is 6.25. The first-order chi connectivity index (χ1) is 15.2. The molecule has 1 aliphatic carbocycles. The normalized spacial score (nSPS) is 15.3. The van der Waals surface area contributed by atoms with Gasteiger partial charge in [-0.2, -0.15) is 10.2 Å². The number of hydrogen-bond acceptors (Lipinski definition) is 5. The molecule has 0 amide bonds. The van der Waals surface area contributed by atoms with Crippen molar-refractivity contribution in [2.24, 2.45) is 7.05 Å². The van der Waals surface area contributed by atoms with Gasteiger partial charge in [0.25, 0.3) is 0 Å². The predicted octanol–water partition coefficient (Wildman–Crippen LogP) is 5.33. The number of rotatable bonds is 3. The van der Waals surface area contributed by atoms with Crippen LogP contribution in [0.15, 0.2) is 53.5 Å². The van der Waals surface area contributed by atoms with Crippen LogP contribution in [0.25, 0.3) is 44.3 Å². The Morgan fingerprint density at radius 2 is 1.90 bits per heavy atom. The van der Waals surface area contributed by atoms with E-state index in [1.54, 1.807) is 0 Å². The van der Waals surface area contributed by atoms with Gasteiger partial charge in [0.2, 0.25) is 0 Å². The van der Waals surface area contributed by atoms with Gasteiger partial charge in [-0.1, -0.05) is 31.4 Å². The van der Waals surface area contributed by atoms with Gasteiger partial charge >= 0.3 is 0 Å². The molecule has 0 spiro atoms. The summed E-state index contributed by atoms with van der Waals surface area (Å²) in [5, 5.41) is 11.1. The molecule has 2 N–H and O–H groups in total. The maximum atomic E-state index is 6.25. The molecule has 0 saturated heterocycles. The van der Waals surface area contributed by atoms with Crippen LogP contribution in [-0.4, -0.2) is 24.5 Å². The van der Waals surface area contributed by atoms with Crippen molar-refractivity contribution in [1.29, 1.82) is 0 Å². The van der Waals surface area contributed by atoms with Gasteiger partial charge in [0.1, 0.15) is 5.76 Å². The van der Waals surface area contributed by atoms with Gasteiger partial charge in [-0.25, -0.2) is 4.98 Å². The number of nitrogens with zero attached hydrogens (tertiary/aromatic N) is 5. The molecule has 0 aliphatic heterocycles. The van der Waals surface area contributed by atoms with Gasteiger partial charge in [-0.15, -0.1) is 0 Å². The molecule has 0 radical (unpaired) electrons. The zero-order valence-corrected chi connectivity index (χ0v) is 17.5. The second kappa shape index (κ2) is 6.97. The van der Waals surface area contributed by atoms with Crippen LogP contribution < -0.4 is 5.73 Å². The number of benzene rings is 1. The molecule has 1 saturated carbocycles. The number of aromatic nitrogens is 5. The first-order valence-electron chi connectivity index (χ1n) is 10.8. The molecule has 6 rings (SSSR count). The Bertz CT molecular complexity index is 1400. The van der Waals surface area contributed by atoms with E-state index in [-0.39, 0.29) is 0 Å². The van der Waals surface area contributed by atoms with Gasteiger partial charge in [0.05, 0.1) is 24.0 Å². The van der Waals surface area contributed by atoms with Crippen molar-refractivity contribution in [1.82, 2.24) is 24.5 Å². The summed E-state index contributed by atoms with van der Waals surface area (Å²) in [6, 6.07) is 8.66. The molecular weight excluding hydrogens is 388 g/mol. The summed E-state index contributed by atoms with van der Waals surface area (Å²) < 4.78 is 10.2. The van der Waals surface area contributed by atoms with E-state index in [0.717, 1.165) is 38.7 Å².